The summed E-state index contributed by atoms with van der Waals surface area (Å²) in [6, 6.07) is 24.0. The molecule has 10 nitrogen and oxygen atoms in total. The van der Waals surface area contributed by atoms with Gasteiger partial charge < -0.3 is 25.8 Å². The number of alkyl carbamates (subject to hydrolysis) is 2. The summed E-state index contributed by atoms with van der Waals surface area (Å²) in [7, 11) is 0. The molecule has 4 aromatic rings. The fraction of sp³-hybridized carbons (Fsp3) is 0.316. The van der Waals surface area contributed by atoms with Gasteiger partial charge in [0, 0.05) is 30.6 Å². The monoisotopic (exact) mass is 790 g/mol. The predicted octanol–water partition coefficient (Wildman–Crippen LogP) is 10.8. The molecule has 4 rings (SSSR count). The Kier molecular flexibility index (Phi) is 15.2. The van der Waals surface area contributed by atoms with Gasteiger partial charge in [-0.2, -0.15) is 0 Å². The molecule has 0 bridgehead atoms. The maximum absolute atomic E-state index is 12.3. The van der Waals surface area contributed by atoms with Gasteiger partial charge in [-0.25, -0.2) is 9.59 Å². The zero-order chi connectivity index (χ0) is 38.8. The van der Waals surface area contributed by atoms with Crippen LogP contribution in [0.3, 0.4) is 0 Å². The van der Waals surface area contributed by atoms with Gasteiger partial charge in [0.1, 0.15) is 17.2 Å². The van der Waals surface area contributed by atoms with E-state index in [-0.39, 0.29) is 0 Å². The number of halogens is 4. The lowest BCUT2D eigenvalue weighted by Gasteiger charge is -2.28. The van der Waals surface area contributed by atoms with Crippen molar-refractivity contribution < 1.29 is 24.0 Å². The SMILES string of the molecule is CC(C)(C)OC(=O)N[C@H](c1ccc(Cl)cc1)[C@@H](N)c1ccc(Cl)cc1.CC(C)(C)OC(=O)N[C@H](c1ccc(Cl)cc1)[C@H](c1ccc(Cl)cc1)[N+](=O)[O-]. The second-order valence-corrected chi connectivity index (χ2v) is 15.5. The van der Waals surface area contributed by atoms with Crippen LogP contribution in [0.1, 0.15) is 88.0 Å². The number of nitrogens with two attached hydrogens (primary N) is 1. The average Bonchev–Trinajstić information content (AvgIpc) is 3.04. The van der Waals surface area contributed by atoms with E-state index < -0.39 is 52.5 Å². The topological polar surface area (TPSA) is 146 Å². The van der Waals surface area contributed by atoms with Crippen LogP contribution < -0.4 is 16.4 Å². The molecule has 4 N–H and O–H groups in total. The molecule has 0 heterocycles. The maximum atomic E-state index is 12.3. The highest BCUT2D eigenvalue weighted by Crippen LogP contribution is 2.34. The zero-order valence-corrected chi connectivity index (χ0v) is 32.6. The van der Waals surface area contributed by atoms with Gasteiger partial charge in [-0.1, -0.05) is 94.9 Å². The molecule has 0 saturated heterocycles. The molecule has 0 unspecified atom stereocenters. The Bertz CT molecular complexity index is 1780. The Morgan fingerprint density at radius 2 is 0.865 bits per heavy atom. The summed E-state index contributed by atoms with van der Waals surface area (Å²) >= 11 is 23.7. The third-order valence-electron chi connectivity index (χ3n) is 7.17. The van der Waals surface area contributed by atoms with Gasteiger partial charge in [-0.3, -0.25) is 10.1 Å². The minimum absolute atomic E-state index is 0.403. The van der Waals surface area contributed by atoms with Crippen LogP contribution in [-0.2, 0) is 9.47 Å². The zero-order valence-electron chi connectivity index (χ0n) is 29.5. The smallest absolute Gasteiger partial charge is 0.408 e. The molecule has 278 valence electrons. The molecule has 14 heteroatoms. The lowest BCUT2D eigenvalue weighted by atomic mass is 9.94. The van der Waals surface area contributed by atoms with E-state index in [9.17, 15) is 19.7 Å². The van der Waals surface area contributed by atoms with E-state index in [0.717, 1.165) is 11.1 Å². The van der Waals surface area contributed by atoms with Crippen molar-refractivity contribution in [3.63, 3.8) is 0 Å². The second-order valence-electron chi connectivity index (χ2n) is 13.7. The summed E-state index contributed by atoms with van der Waals surface area (Å²) in [6.45, 7) is 10.6. The van der Waals surface area contributed by atoms with Gasteiger partial charge in [-0.05, 0) is 107 Å². The number of ether oxygens (including phenoxy) is 2. The third-order valence-corrected chi connectivity index (χ3v) is 8.18. The number of amides is 2. The first-order valence-electron chi connectivity index (χ1n) is 16.1. The number of hydrogen-bond donors (Lipinski definition) is 3. The van der Waals surface area contributed by atoms with Crippen LogP contribution in [0.4, 0.5) is 9.59 Å². The van der Waals surface area contributed by atoms with Crippen LogP contribution in [0.2, 0.25) is 20.1 Å². The minimum Gasteiger partial charge on any atom is -0.444 e. The number of carbonyl (C=O) groups is 2. The first-order valence-corrected chi connectivity index (χ1v) is 17.6. The van der Waals surface area contributed by atoms with Crippen LogP contribution in [0, 0.1) is 10.1 Å². The Hall–Kier alpha value is -4.06. The Morgan fingerprint density at radius 1 is 0.577 bits per heavy atom. The molecular weight excluding hydrogens is 750 g/mol. The highest BCUT2D eigenvalue weighted by molar-refractivity contribution is 6.31. The molecule has 4 atom stereocenters. The fourth-order valence-corrected chi connectivity index (χ4v) is 5.41. The van der Waals surface area contributed by atoms with Gasteiger partial charge in [-0.15, -0.1) is 0 Å². The van der Waals surface area contributed by atoms with E-state index in [1.807, 2.05) is 45.0 Å². The first-order chi connectivity index (χ1) is 24.2. The molecular formula is C38H42Cl4N4O6. The van der Waals surface area contributed by atoms with E-state index >= 15 is 0 Å². The van der Waals surface area contributed by atoms with Crippen molar-refractivity contribution in [1.82, 2.24) is 10.6 Å². The number of rotatable bonds is 9. The molecule has 0 aliphatic carbocycles. The van der Waals surface area contributed by atoms with Crippen LogP contribution in [-0.4, -0.2) is 28.3 Å². The van der Waals surface area contributed by atoms with E-state index in [1.165, 1.54) is 0 Å². The Balaban J connectivity index is 0.000000281. The average molecular weight is 793 g/mol. The van der Waals surface area contributed by atoms with Crippen molar-refractivity contribution in [1.29, 1.82) is 0 Å². The molecule has 0 fully saturated rings. The molecule has 0 radical (unpaired) electrons. The minimum atomic E-state index is -1.24. The van der Waals surface area contributed by atoms with Crippen molar-refractivity contribution in [3.8, 4) is 0 Å². The highest BCUT2D eigenvalue weighted by atomic mass is 35.5. The summed E-state index contributed by atoms with van der Waals surface area (Å²) in [5.41, 5.74) is 7.70. The number of benzene rings is 4. The van der Waals surface area contributed by atoms with E-state index in [4.69, 9.17) is 61.6 Å². The summed E-state index contributed by atoms with van der Waals surface area (Å²) in [4.78, 5) is 36.0. The molecule has 0 aliphatic heterocycles. The molecule has 0 saturated carbocycles. The standard InChI is InChI=1S/C19H20Cl2N2O4.C19H22Cl2N2O2/c1-19(2,3)27-18(24)22-16(12-4-8-14(20)9-5-12)17(23(25)26)13-6-10-15(21)11-7-13;1-19(2,3)25-18(24)23-17(13-6-10-15(21)11-7-13)16(22)12-4-8-14(20)9-5-12/h4-11,16-17H,1-3H3,(H,22,24);4-11,16-17H,22H2,1-3H3,(H,23,24)/t2*16-,17+/m10/s1. The molecule has 0 aromatic heterocycles. The van der Waals surface area contributed by atoms with Gasteiger partial charge in [0.25, 0.3) is 6.04 Å². The van der Waals surface area contributed by atoms with Crippen molar-refractivity contribution in [2.45, 2.75) is 76.9 Å². The third kappa shape index (κ3) is 13.8. The lowest BCUT2D eigenvalue weighted by Crippen LogP contribution is -2.39. The van der Waals surface area contributed by atoms with Crippen LogP contribution in [0.5, 0.6) is 0 Å². The summed E-state index contributed by atoms with van der Waals surface area (Å²) in [5, 5.41) is 19.6. The van der Waals surface area contributed by atoms with Crippen LogP contribution in [0.15, 0.2) is 97.1 Å². The molecule has 52 heavy (non-hydrogen) atoms. The van der Waals surface area contributed by atoms with Crippen LogP contribution in [0.25, 0.3) is 0 Å². The van der Waals surface area contributed by atoms with Gasteiger partial charge in [0.15, 0.2) is 0 Å². The number of nitrogens with zero attached hydrogens (tertiary/aromatic N) is 1. The number of carbonyl (C=O) groups excluding carboxylic acids is 2. The quantitative estimate of drug-likeness (QED) is 0.113. The van der Waals surface area contributed by atoms with Crippen molar-refractivity contribution in [2.24, 2.45) is 5.73 Å². The maximum Gasteiger partial charge on any atom is 0.408 e. The van der Waals surface area contributed by atoms with Gasteiger partial charge in [0.2, 0.25) is 0 Å². The highest BCUT2D eigenvalue weighted by Gasteiger charge is 2.37. The van der Waals surface area contributed by atoms with Crippen molar-refractivity contribution in [3.05, 3.63) is 150 Å². The largest absolute Gasteiger partial charge is 0.444 e. The number of nitro groups is 1. The van der Waals surface area contributed by atoms with E-state index in [0.29, 0.717) is 31.2 Å². The Labute approximate surface area is 324 Å². The molecule has 4 aromatic carbocycles. The number of nitrogens with one attached hydrogen (secondary N) is 2. The van der Waals surface area contributed by atoms with Gasteiger partial charge in [0.05, 0.1) is 12.1 Å². The predicted molar refractivity (Wildman–Crippen MR) is 207 cm³/mol. The number of hydrogen-bond acceptors (Lipinski definition) is 7. The molecule has 0 spiro atoms. The summed E-state index contributed by atoms with van der Waals surface area (Å²) in [6.07, 6.45) is -1.28. The van der Waals surface area contributed by atoms with Crippen molar-refractivity contribution in [2.75, 3.05) is 0 Å². The Morgan fingerprint density at radius 3 is 1.19 bits per heavy atom. The molecule has 2 amide bonds. The fourth-order valence-electron chi connectivity index (χ4n) is 4.91. The normalized spacial score (nSPS) is 13.7. The lowest BCUT2D eigenvalue weighted by molar-refractivity contribution is -0.534. The van der Waals surface area contributed by atoms with E-state index in [1.54, 1.807) is 93.6 Å². The van der Waals surface area contributed by atoms with Crippen molar-refractivity contribution >= 4 is 58.6 Å². The van der Waals surface area contributed by atoms with Crippen LogP contribution >= 0.6 is 46.4 Å². The van der Waals surface area contributed by atoms with E-state index in [2.05, 4.69) is 10.6 Å². The molecule has 0 aliphatic rings. The summed E-state index contributed by atoms with van der Waals surface area (Å²) < 4.78 is 10.6. The first kappa shape index (κ1) is 42.4. The summed E-state index contributed by atoms with van der Waals surface area (Å²) in [5.74, 6) is 0. The second kappa shape index (κ2) is 18.6. The van der Waals surface area contributed by atoms with Gasteiger partial charge >= 0.3 is 12.2 Å².